The molecule has 1 fully saturated rings. The highest BCUT2D eigenvalue weighted by Crippen LogP contribution is 2.22. The summed E-state index contributed by atoms with van der Waals surface area (Å²) in [4.78, 5) is 12.4. The van der Waals surface area contributed by atoms with Gasteiger partial charge in [-0.2, -0.15) is 4.31 Å². The number of hydrogen-bond acceptors (Lipinski definition) is 6. The first-order valence-electron chi connectivity index (χ1n) is 8.31. The number of benzene rings is 1. The Balaban J connectivity index is 1.74. The fraction of sp³-hybridized carbons (Fsp3) is 0.412. The molecule has 1 N–H and O–H groups in total. The number of aromatic nitrogens is 1. The molecule has 0 radical (unpaired) electrons. The number of ether oxygens (including phenoxy) is 1. The lowest BCUT2D eigenvalue weighted by Gasteiger charge is -2.31. The van der Waals surface area contributed by atoms with Crippen LogP contribution in [0.1, 0.15) is 28.9 Å². The van der Waals surface area contributed by atoms with E-state index in [1.807, 2.05) is 0 Å². The molecule has 2 heterocycles. The maximum Gasteiger partial charge on any atom is 0.251 e. The van der Waals surface area contributed by atoms with Crippen LogP contribution in [0, 0.1) is 0 Å². The zero-order valence-corrected chi connectivity index (χ0v) is 15.2. The van der Waals surface area contributed by atoms with Crippen molar-refractivity contribution < 1.29 is 22.5 Å². The van der Waals surface area contributed by atoms with Crippen LogP contribution in [0.3, 0.4) is 0 Å². The van der Waals surface area contributed by atoms with Crippen LogP contribution in [0.25, 0.3) is 0 Å². The van der Waals surface area contributed by atoms with Crippen LogP contribution < -0.4 is 5.32 Å². The SMILES string of the molecule is COC1CCCN(S(=O)(=O)c2cccc(C(=O)NCc3ccon3)c2)C1. The Morgan fingerprint density at radius 3 is 3.00 bits per heavy atom. The Hall–Kier alpha value is -2.23. The van der Waals surface area contributed by atoms with Crippen molar-refractivity contribution in [3.8, 4) is 0 Å². The van der Waals surface area contributed by atoms with Crippen LogP contribution in [0.2, 0.25) is 0 Å². The molecule has 8 nitrogen and oxygen atoms in total. The molecular weight excluding hydrogens is 358 g/mol. The highest BCUT2D eigenvalue weighted by molar-refractivity contribution is 7.89. The third-order valence-electron chi connectivity index (χ3n) is 4.33. The van der Waals surface area contributed by atoms with E-state index in [0.717, 1.165) is 12.8 Å². The van der Waals surface area contributed by atoms with Gasteiger partial charge in [0, 0.05) is 31.8 Å². The topological polar surface area (TPSA) is 102 Å². The molecule has 0 aliphatic carbocycles. The van der Waals surface area contributed by atoms with E-state index in [4.69, 9.17) is 9.26 Å². The van der Waals surface area contributed by atoms with Gasteiger partial charge >= 0.3 is 0 Å². The van der Waals surface area contributed by atoms with Crippen LogP contribution in [-0.2, 0) is 21.3 Å². The predicted molar refractivity (Wildman–Crippen MR) is 92.9 cm³/mol. The van der Waals surface area contributed by atoms with Gasteiger partial charge in [0.2, 0.25) is 10.0 Å². The summed E-state index contributed by atoms with van der Waals surface area (Å²) >= 11 is 0. The van der Waals surface area contributed by atoms with Gasteiger partial charge in [-0.1, -0.05) is 11.2 Å². The molecule has 0 spiro atoms. The summed E-state index contributed by atoms with van der Waals surface area (Å²) in [5.41, 5.74) is 0.857. The van der Waals surface area contributed by atoms with Crippen LogP contribution >= 0.6 is 0 Å². The summed E-state index contributed by atoms with van der Waals surface area (Å²) in [6, 6.07) is 7.68. The number of amides is 1. The second kappa shape index (κ2) is 7.98. The van der Waals surface area contributed by atoms with Crippen molar-refractivity contribution >= 4 is 15.9 Å². The maximum atomic E-state index is 12.9. The Morgan fingerprint density at radius 2 is 2.27 bits per heavy atom. The average molecular weight is 379 g/mol. The first-order valence-corrected chi connectivity index (χ1v) is 9.75. The molecule has 140 valence electrons. The molecule has 9 heteroatoms. The molecule has 26 heavy (non-hydrogen) atoms. The van der Waals surface area contributed by atoms with Crippen molar-refractivity contribution in [1.82, 2.24) is 14.8 Å². The fourth-order valence-corrected chi connectivity index (χ4v) is 4.42. The number of nitrogens with one attached hydrogen (secondary N) is 1. The van der Waals surface area contributed by atoms with E-state index in [-0.39, 0.29) is 29.0 Å². The molecule has 1 atom stereocenters. The van der Waals surface area contributed by atoms with Gasteiger partial charge < -0.3 is 14.6 Å². The number of carbonyl (C=O) groups is 1. The van der Waals surface area contributed by atoms with Gasteiger partial charge in [0.15, 0.2) is 0 Å². The van der Waals surface area contributed by atoms with Gasteiger partial charge in [0.05, 0.1) is 17.5 Å². The van der Waals surface area contributed by atoms with Crippen molar-refractivity contribution in [2.24, 2.45) is 0 Å². The summed E-state index contributed by atoms with van der Waals surface area (Å²) < 4.78 is 37.2. The molecule has 1 aromatic heterocycles. The van der Waals surface area contributed by atoms with Gasteiger partial charge in [-0.05, 0) is 31.0 Å². The van der Waals surface area contributed by atoms with E-state index < -0.39 is 10.0 Å². The first-order chi connectivity index (χ1) is 12.5. The maximum absolute atomic E-state index is 12.9. The van der Waals surface area contributed by atoms with E-state index >= 15 is 0 Å². The Kier molecular flexibility index (Phi) is 5.70. The van der Waals surface area contributed by atoms with E-state index in [2.05, 4.69) is 10.5 Å². The molecule has 1 amide bonds. The summed E-state index contributed by atoms with van der Waals surface area (Å²) in [6.07, 6.45) is 2.90. The minimum Gasteiger partial charge on any atom is -0.380 e. The molecule has 1 aromatic carbocycles. The lowest BCUT2D eigenvalue weighted by Crippen LogP contribution is -2.42. The predicted octanol–water partition coefficient (Wildman–Crippen LogP) is 1.40. The van der Waals surface area contributed by atoms with Gasteiger partial charge in [0.25, 0.3) is 5.91 Å². The van der Waals surface area contributed by atoms with Crippen molar-refractivity contribution in [2.75, 3.05) is 20.2 Å². The number of piperidine rings is 1. The molecule has 2 aromatic rings. The number of carbonyl (C=O) groups excluding carboxylic acids is 1. The van der Waals surface area contributed by atoms with E-state index in [0.29, 0.717) is 18.8 Å². The number of methoxy groups -OCH3 is 1. The number of rotatable bonds is 6. The van der Waals surface area contributed by atoms with Crippen LogP contribution in [-0.4, -0.2) is 50.1 Å². The van der Waals surface area contributed by atoms with Crippen LogP contribution in [0.5, 0.6) is 0 Å². The molecule has 1 unspecified atom stereocenters. The monoisotopic (exact) mass is 379 g/mol. The summed E-state index contributed by atoms with van der Waals surface area (Å²) in [5.74, 6) is -0.376. The van der Waals surface area contributed by atoms with E-state index in [1.54, 1.807) is 25.3 Å². The van der Waals surface area contributed by atoms with Crippen molar-refractivity contribution in [1.29, 1.82) is 0 Å². The second-order valence-electron chi connectivity index (χ2n) is 6.06. The fourth-order valence-electron chi connectivity index (χ4n) is 2.86. The first kappa shape index (κ1) is 18.6. The number of hydrogen-bond donors (Lipinski definition) is 1. The Labute approximate surface area is 152 Å². The largest absolute Gasteiger partial charge is 0.380 e. The standard InChI is InChI=1S/C17H21N3O5S/c1-24-15-5-3-8-20(12-15)26(22,23)16-6-2-4-13(10-16)17(21)18-11-14-7-9-25-19-14/h2,4,6-7,9-10,15H,3,5,8,11-12H2,1H3,(H,18,21). The molecular formula is C17H21N3O5S. The van der Waals surface area contributed by atoms with Gasteiger partial charge in [-0.15, -0.1) is 0 Å². The quantitative estimate of drug-likeness (QED) is 0.814. The molecule has 0 bridgehead atoms. The van der Waals surface area contributed by atoms with Gasteiger partial charge in [-0.25, -0.2) is 8.42 Å². The third kappa shape index (κ3) is 4.12. The number of sulfonamides is 1. The number of nitrogens with zero attached hydrogens (tertiary/aromatic N) is 2. The van der Waals surface area contributed by atoms with Crippen molar-refractivity contribution in [3.63, 3.8) is 0 Å². The smallest absolute Gasteiger partial charge is 0.251 e. The summed E-state index contributed by atoms with van der Waals surface area (Å²) in [5, 5.41) is 6.40. The van der Waals surface area contributed by atoms with Crippen molar-refractivity contribution in [2.45, 2.75) is 30.4 Å². The Bertz CT molecular complexity index is 851. The van der Waals surface area contributed by atoms with Gasteiger partial charge in [-0.3, -0.25) is 4.79 Å². The zero-order chi connectivity index (χ0) is 18.6. The normalized spacial score (nSPS) is 18.6. The van der Waals surface area contributed by atoms with Crippen LogP contribution in [0.15, 0.2) is 46.0 Å². The minimum absolute atomic E-state index is 0.100. The molecule has 1 aliphatic rings. The summed E-state index contributed by atoms with van der Waals surface area (Å²) in [6.45, 7) is 0.972. The molecule has 3 rings (SSSR count). The average Bonchev–Trinajstić information content (AvgIpc) is 3.20. The zero-order valence-electron chi connectivity index (χ0n) is 14.4. The molecule has 1 saturated heterocycles. The lowest BCUT2D eigenvalue weighted by molar-refractivity contribution is 0.0572. The van der Waals surface area contributed by atoms with E-state index in [1.165, 1.54) is 22.7 Å². The summed E-state index contributed by atoms with van der Waals surface area (Å²) in [7, 11) is -2.09. The lowest BCUT2D eigenvalue weighted by atomic mass is 10.1. The highest BCUT2D eigenvalue weighted by atomic mass is 32.2. The third-order valence-corrected chi connectivity index (χ3v) is 6.19. The highest BCUT2D eigenvalue weighted by Gasteiger charge is 2.30. The molecule has 1 aliphatic heterocycles. The second-order valence-corrected chi connectivity index (χ2v) is 8.00. The van der Waals surface area contributed by atoms with Gasteiger partial charge in [0.1, 0.15) is 12.0 Å². The van der Waals surface area contributed by atoms with Crippen molar-refractivity contribution in [3.05, 3.63) is 47.9 Å². The Morgan fingerprint density at radius 1 is 1.42 bits per heavy atom. The minimum atomic E-state index is -3.67. The molecule has 0 saturated carbocycles. The van der Waals surface area contributed by atoms with E-state index in [9.17, 15) is 13.2 Å². The van der Waals surface area contributed by atoms with Crippen LogP contribution in [0.4, 0.5) is 0 Å².